The van der Waals surface area contributed by atoms with Gasteiger partial charge in [-0.3, -0.25) is 19.8 Å². The number of nitrogens with zero attached hydrogens (tertiary/aromatic N) is 1. The average molecular weight is 349 g/mol. The van der Waals surface area contributed by atoms with Crippen molar-refractivity contribution in [2.45, 2.75) is 56.9 Å². The van der Waals surface area contributed by atoms with Gasteiger partial charge in [-0.1, -0.05) is 31.4 Å². The first kappa shape index (κ1) is 17.4. The minimum atomic E-state index is -0.895. The van der Waals surface area contributed by atoms with Gasteiger partial charge in [0.25, 0.3) is 11.8 Å². The third kappa shape index (κ3) is 3.83. The molecule has 1 saturated carbocycles. The summed E-state index contributed by atoms with van der Waals surface area (Å²) in [6, 6.07) is -0.636. The van der Waals surface area contributed by atoms with E-state index in [0.29, 0.717) is 17.9 Å². The first-order chi connectivity index (χ1) is 12.0. The van der Waals surface area contributed by atoms with Crippen LogP contribution in [0.25, 0.3) is 0 Å². The van der Waals surface area contributed by atoms with Crippen LogP contribution in [-0.4, -0.2) is 41.0 Å². The SMILES string of the molecule is O=C(COC(=O)C[C@@H]1C=CCC1)NN1C(=O)NC2(CCCCC2)C1=O. The minimum absolute atomic E-state index is 0.160. The van der Waals surface area contributed by atoms with Crippen LogP contribution >= 0.6 is 0 Å². The highest BCUT2D eigenvalue weighted by molar-refractivity contribution is 6.08. The van der Waals surface area contributed by atoms with Crippen LogP contribution in [0.15, 0.2) is 12.2 Å². The van der Waals surface area contributed by atoms with E-state index in [0.717, 1.165) is 32.1 Å². The Morgan fingerprint density at radius 3 is 2.72 bits per heavy atom. The van der Waals surface area contributed by atoms with Crippen LogP contribution in [0.5, 0.6) is 0 Å². The zero-order chi connectivity index (χ0) is 17.9. The average Bonchev–Trinajstić information content (AvgIpc) is 3.17. The van der Waals surface area contributed by atoms with Gasteiger partial charge in [0.2, 0.25) is 0 Å². The quantitative estimate of drug-likeness (QED) is 0.440. The van der Waals surface area contributed by atoms with Gasteiger partial charge in [-0.25, -0.2) is 4.79 Å². The summed E-state index contributed by atoms with van der Waals surface area (Å²) in [7, 11) is 0. The fourth-order valence-corrected chi connectivity index (χ4v) is 3.66. The molecule has 2 aliphatic carbocycles. The van der Waals surface area contributed by atoms with Gasteiger partial charge < -0.3 is 10.1 Å². The lowest BCUT2D eigenvalue weighted by Crippen LogP contribution is -2.51. The monoisotopic (exact) mass is 349 g/mol. The number of imide groups is 1. The lowest BCUT2D eigenvalue weighted by atomic mass is 9.82. The standard InChI is InChI=1S/C17H23N3O5/c21-13(11-25-14(22)10-12-6-2-3-7-12)19-20-15(23)17(18-16(20)24)8-4-1-5-9-17/h2,6,12H,1,3-5,7-11H2,(H,18,24)(H,19,21)/t12-/m1/s1. The van der Waals surface area contributed by atoms with Crippen molar-refractivity contribution >= 4 is 23.8 Å². The van der Waals surface area contributed by atoms with Crippen molar-refractivity contribution in [3.8, 4) is 0 Å². The molecule has 0 aromatic heterocycles. The van der Waals surface area contributed by atoms with Gasteiger partial charge in [-0.2, -0.15) is 5.01 Å². The van der Waals surface area contributed by atoms with Crippen molar-refractivity contribution in [2.75, 3.05) is 6.61 Å². The van der Waals surface area contributed by atoms with Crippen LogP contribution in [0, 0.1) is 5.92 Å². The predicted molar refractivity (Wildman–Crippen MR) is 86.8 cm³/mol. The first-order valence-electron chi connectivity index (χ1n) is 8.79. The number of esters is 1. The van der Waals surface area contributed by atoms with Crippen molar-refractivity contribution in [3.63, 3.8) is 0 Å². The molecule has 1 heterocycles. The van der Waals surface area contributed by atoms with Crippen molar-refractivity contribution in [3.05, 3.63) is 12.2 Å². The third-order valence-corrected chi connectivity index (χ3v) is 5.01. The van der Waals surface area contributed by atoms with Crippen molar-refractivity contribution in [1.29, 1.82) is 0 Å². The maximum Gasteiger partial charge on any atom is 0.344 e. The molecular formula is C17H23N3O5. The van der Waals surface area contributed by atoms with Gasteiger partial charge in [0.15, 0.2) is 6.61 Å². The van der Waals surface area contributed by atoms with E-state index in [1.54, 1.807) is 0 Å². The summed E-state index contributed by atoms with van der Waals surface area (Å²) in [5.41, 5.74) is 1.35. The molecule has 0 aromatic carbocycles. The maximum absolute atomic E-state index is 12.5. The summed E-state index contributed by atoms with van der Waals surface area (Å²) < 4.78 is 4.93. The number of carbonyl (C=O) groups excluding carboxylic acids is 4. The molecule has 2 fully saturated rings. The summed E-state index contributed by atoms with van der Waals surface area (Å²) in [5.74, 6) is -1.44. The van der Waals surface area contributed by atoms with Gasteiger partial charge in [0, 0.05) is 0 Å². The number of hydrazine groups is 1. The number of hydrogen-bond donors (Lipinski definition) is 2. The highest BCUT2D eigenvalue weighted by Crippen LogP contribution is 2.32. The smallest absolute Gasteiger partial charge is 0.344 e. The van der Waals surface area contributed by atoms with E-state index in [1.807, 2.05) is 12.2 Å². The summed E-state index contributed by atoms with van der Waals surface area (Å²) in [6.07, 6.45) is 9.99. The van der Waals surface area contributed by atoms with Crippen LogP contribution in [0.3, 0.4) is 0 Å². The number of amides is 4. The Hall–Kier alpha value is -2.38. The Kier molecular flexibility index (Phi) is 5.06. The molecule has 1 saturated heterocycles. The Labute approximate surface area is 145 Å². The molecule has 25 heavy (non-hydrogen) atoms. The third-order valence-electron chi connectivity index (χ3n) is 5.01. The molecule has 136 valence electrons. The number of allylic oxidation sites excluding steroid dienone is 2. The van der Waals surface area contributed by atoms with E-state index >= 15 is 0 Å². The molecule has 1 spiro atoms. The lowest BCUT2D eigenvalue weighted by molar-refractivity contribution is -0.151. The summed E-state index contributed by atoms with van der Waals surface area (Å²) in [5, 5.41) is 3.40. The van der Waals surface area contributed by atoms with E-state index < -0.39 is 36.0 Å². The topological polar surface area (TPSA) is 105 Å². The number of nitrogens with one attached hydrogen (secondary N) is 2. The molecule has 8 nitrogen and oxygen atoms in total. The molecule has 2 N–H and O–H groups in total. The van der Waals surface area contributed by atoms with E-state index in [4.69, 9.17) is 4.74 Å². The second-order valence-electron chi connectivity index (χ2n) is 6.88. The fraction of sp³-hybridized carbons (Fsp3) is 0.647. The Morgan fingerprint density at radius 1 is 1.28 bits per heavy atom. The largest absolute Gasteiger partial charge is 0.455 e. The highest BCUT2D eigenvalue weighted by Gasteiger charge is 2.52. The second-order valence-corrected chi connectivity index (χ2v) is 6.88. The first-order valence-corrected chi connectivity index (χ1v) is 8.79. The number of ether oxygens (including phenoxy) is 1. The number of urea groups is 1. The zero-order valence-corrected chi connectivity index (χ0v) is 14.1. The van der Waals surface area contributed by atoms with E-state index in [-0.39, 0.29) is 12.3 Å². The van der Waals surface area contributed by atoms with Crippen molar-refractivity contribution in [1.82, 2.24) is 15.8 Å². The molecule has 4 amide bonds. The molecule has 0 bridgehead atoms. The number of carbonyl (C=O) groups is 4. The molecule has 1 aliphatic heterocycles. The van der Waals surface area contributed by atoms with Gasteiger partial charge >= 0.3 is 12.0 Å². The van der Waals surface area contributed by atoms with Gasteiger partial charge in [-0.05, 0) is 31.6 Å². The minimum Gasteiger partial charge on any atom is -0.455 e. The van der Waals surface area contributed by atoms with Crippen LogP contribution in [0.1, 0.15) is 51.4 Å². The molecule has 3 aliphatic rings. The molecular weight excluding hydrogens is 326 g/mol. The second kappa shape index (κ2) is 7.25. The van der Waals surface area contributed by atoms with E-state index in [2.05, 4.69) is 10.7 Å². The van der Waals surface area contributed by atoms with Crippen LogP contribution < -0.4 is 10.7 Å². The van der Waals surface area contributed by atoms with E-state index in [9.17, 15) is 19.2 Å². The normalized spacial score (nSPS) is 24.5. The number of hydrogen-bond acceptors (Lipinski definition) is 5. The molecule has 8 heteroatoms. The van der Waals surface area contributed by atoms with Crippen LogP contribution in [0.2, 0.25) is 0 Å². The van der Waals surface area contributed by atoms with Gasteiger partial charge in [0.05, 0.1) is 6.42 Å². The Balaban J connectivity index is 1.47. The summed E-state index contributed by atoms with van der Waals surface area (Å²) >= 11 is 0. The van der Waals surface area contributed by atoms with Gasteiger partial charge in [0.1, 0.15) is 5.54 Å². The molecule has 0 radical (unpaired) electrons. The van der Waals surface area contributed by atoms with Gasteiger partial charge in [-0.15, -0.1) is 0 Å². The Bertz CT molecular complexity index is 609. The van der Waals surface area contributed by atoms with Crippen LogP contribution in [-0.2, 0) is 19.1 Å². The van der Waals surface area contributed by atoms with Crippen molar-refractivity contribution in [2.24, 2.45) is 5.92 Å². The van der Waals surface area contributed by atoms with E-state index in [1.165, 1.54) is 0 Å². The zero-order valence-electron chi connectivity index (χ0n) is 14.1. The van der Waals surface area contributed by atoms with Crippen molar-refractivity contribution < 1.29 is 23.9 Å². The molecule has 0 unspecified atom stereocenters. The fourth-order valence-electron chi connectivity index (χ4n) is 3.66. The summed E-state index contributed by atoms with van der Waals surface area (Å²) in [4.78, 5) is 48.2. The highest BCUT2D eigenvalue weighted by atomic mass is 16.5. The number of rotatable bonds is 5. The molecule has 3 rings (SSSR count). The molecule has 0 aromatic rings. The summed E-state index contributed by atoms with van der Waals surface area (Å²) in [6.45, 7) is -0.515. The Morgan fingerprint density at radius 2 is 2.04 bits per heavy atom. The predicted octanol–water partition coefficient (Wildman–Crippen LogP) is 1.17. The van der Waals surface area contributed by atoms with Crippen LogP contribution in [0.4, 0.5) is 4.79 Å². The molecule has 1 atom stereocenters. The maximum atomic E-state index is 12.5. The lowest BCUT2D eigenvalue weighted by Gasteiger charge is -2.30.